The van der Waals surface area contributed by atoms with Crippen LogP contribution in [0.15, 0.2) is 36.4 Å². The van der Waals surface area contributed by atoms with Gasteiger partial charge >= 0.3 is 0 Å². The highest BCUT2D eigenvalue weighted by Crippen LogP contribution is 2.28. The van der Waals surface area contributed by atoms with Gasteiger partial charge in [-0.15, -0.1) is 0 Å². The number of hydrogen-bond acceptors (Lipinski definition) is 3. The lowest BCUT2D eigenvalue weighted by molar-refractivity contribution is 0.0644. The summed E-state index contributed by atoms with van der Waals surface area (Å²) in [6, 6.07) is 8.66. The number of benzene rings is 2. The number of carbonyl (C=O) groups excluding carboxylic acids is 1. The molecule has 1 N–H and O–H groups in total. The Morgan fingerprint density at radius 1 is 1.08 bits per heavy atom. The maximum atomic E-state index is 13.7. The molecule has 4 nitrogen and oxygen atoms in total. The molecule has 0 bridgehead atoms. The smallest absolute Gasteiger partial charge is 0.258 e. The van der Waals surface area contributed by atoms with Crippen LogP contribution in [-0.2, 0) is 4.74 Å². The fourth-order valence-corrected chi connectivity index (χ4v) is 2.96. The largest absolute Gasteiger partial charge is 0.377 e. The van der Waals surface area contributed by atoms with Crippen LogP contribution in [0, 0.1) is 17.5 Å². The molecule has 2 aromatic carbocycles. The maximum absolute atomic E-state index is 13.7. The van der Waals surface area contributed by atoms with Gasteiger partial charge in [-0.3, -0.25) is 4.79 Å². The number of amides is 1. The first-order valence-electron chi connectivity index (χ1n) is 8.20. The third-order valence-electron chi connectivity index (χ3n) is 4.36. The van der Waals surface area contributed by atoms with Gasteiger partial charge < -0.3 is 15.0 Å². The third-order valence-corrected chi connectivity index (χ3v) is 4.36. The van der Waals surface area contributed by atoms with Gasteiger partial charge in [0.1, 0.15) is 0 Å². The van der Waals surface area contributed by atoms with E-state index in [-0.39, 0.29) is 5.54 Å². The fraction of sp³-hybridized carbons (Fsp3) is 0.316. The number of anilines is 2. The van der Waals surface area contributed by atoms with Crippen molar-refractivity contribution in [3.63, 3.8) is 0 Å². The van der Waals surface area contributed by atoms with Gasteiger partial charge in [-0.25, -0.2) is 13.2 Å². The fourth-order valence-electron chi connectivity index (χ4n) is 2.96. The number of morpholine rings is 1. The number of ether oxygens (including phenoxy) is 1. The van der Waals surface area contributed by atoms with E-state index in [1.165, 1.54) is 0 Å². The molecule has 0 atom stereocenters. The van der Waals surface area contributed by atoms with Crippen LogP contribution in [-0.4, -0.2) is 31.2 Å². The maximum Gasteiger partial charge on any atom is 0.258 e. The number of hydrogen-bond donors (Lipinski definition) is 1. The lowest BCUT2D eigenvalue weighted by Crippen LogP contribution is -2.53. The third kappa shape index (κ3) is 3.53. The number of rotatable bonds is 3. The van der Waals surface area contributed by atoms with E-state index in [9.17, 15) is 18.0 Å². The van der Waals surface area contributed by atoms with Crippen molar-refractivity contribution in [1.82, 2.24) is 0 Å². The monoisotopic (exact) mass is 364 g/mol. The first-order valence-corrected chi connectivity index (χ1v) is 8.20. The molecule has 26 heavy (non-hydrogen) atoms. The second kappa shape index (κ2) is 6.99. The summed E-state index contributed by atoms with van der Waals surface area (Å²) in [4.78, 5) is 14.3. The van der Waals surface area contributed by atoms with Crippen LogP contribution < -0.4 is 10.2 Å². The lowest BCUT2D eigenvalue weighted by Gasteiger charge is -2.43. The summed E-state index contributed by atoms with van der Waals surface area (Å²) in [7, 11) is 0. The van der Waals surface area contributed by atoms with Crippen LogP contribution in [0.4, 0.5) is 24.5 Å². The Morgan fingerprint density at radius 3 is 2.42 bits per heavy atom. The van der Waals surface area contributed by atoms with E-state index in [1.807, 2.05) is 12.1 Å². The SMILES string of the molecule is CC1(C)COCCN1c1ccc(NC(=O)c2ccc(F)c(F)c2F)cc1. The standard InChI is InChI=1S/C19H19F3N2O2/c1-19(2)11-26-10-9-24(19)13-5-3-12(4-6-13)23-18(25)14-7-8-15(20)17(22)16(14)21/h3-8H,9-11H2,1-2H3,(H,23,25). The van der Waals surface area contributed by atoms with Crippen molar-refractivity contribution in [2.45, 2.75) is 19.4 Å². The Hall–Kier alpha value is -2.54. The van der Waals surface area contributed by atoms with Gasteiger partial charge in [0.05, 0.1) is 24.3 Å². The highest BCUT2D eigenvalue weighted by Gasteiger charge is 2.30. The zero-order valence-electron chi connectivity index (χ0n) is 14.5. The van der Waals surface area contributed by atoms with Crippen molar-refractivity contribution in [3.8, 4) is 0 Å². The van der Waals surface area contributed by atoms with Gasteiger partial charge in [-0.1, -0.05) is 0 Å². The van der Waals surface area contributed by atoms with E-state index < -0.39 is 28.9 Å². The van der Waals surface area contributed by atoms with E-state index in [4.69, 9.17) is 4.74 Å². The second-order valence-corrected chi connectivity index (χ2v) is 6.74. The van der Waals surface area contributed by atoms with Crippen molar-refractivity contribution < 1.29 is 22.7 Å². The van der Waals surface area contributed by atoms with Crippen LogP contribution in [0.2, 0.25) is 0 Å². The molecule has 0 spiro atoms. The molecule has 0 aromatic heterocycles. The molecule has 1 fully saturated rings. The van der Waals surface area contributed by atoms with Crippen LogP contribution >= 0.6 is 0 Å². The summed E-state index contributed by atoms with van der Waals surface area (Å²) in [5.41, 5.74) is 0.684. The minimum absolute atomic E-state index is 0.155. The summed E-state index contributed by atoms with van der Waals surface area (Å²) in [6.07, 6.45) is 0. The van der Waals surface area contributed by atoms with Crippen molar-refractivity contribution in [1.29, 1.82) is 0 Å². The van der Waals surface area contributed by atoms with E-state index in [2.05, 4.69) is 24.1 Å². The van der Waals surface area contributed by atoms with Crippen molar-refractivity contribution >= 4 is 17.3 Å². The van der Waals surface area contributed by atoms with Crippen LogP contribution in [0.3, 0.4) is 0 Å². The molecule has 1 aliphatic rings. The highest BCUT2D eigenvalue weighted by molar-refractivity contribution is 6.04. The molecule has 0 aliphatic carbocycles. The van der Waals surface area contributed by atoms with Gasteiger partial charge in [-0.2, -0.15) is 0 Å². The first kappa shape index (κ1) is 18.3. The predicted octanol–water partition coefficient (Wildman–Crippen LogP) is 3.97. The van der Waals surface area contributed by atoms with Crippen LogP contribution in [0.5, 0.6) is 0 Å². The molecule has 7 heteroatoms. The number of carbonyl (C=O) groups is 1. The summed E-state index contributed by atoms with van der Waals surface area (Å²) in [6.45, 7) is 6.15. The minimum Gasteiger partial charge on any atom is -0.377 e. The van der Waals surface area contributed by atoms with E-state index in [0.717, 1.165) is 24.4 Å². The van der Waals surface area contributed by atoms with E-state index in [1.54, 1.807) is 12.1 Å². The topological polar surface area (TPSA) is 41.6 Å². The average Bonchev–Trinajstić information content (AvgIpc) is 2.60. The summed E-state index contributed by atoms with van der Waals surface area (Å²) >= 11 is 0. The Balaban J connectivity index is 1.75. The van der Waals surface area contributed by atoms with E-state index >= 15 is 0 Å². The molecule has 2 aromatic rings. The number of halogens is 3. The minimum atomic E-state index is -1.66. The van der Waals surface area contributed by atoms with Crippen molar-refractivity contribution in [2.24, 2.45) is 0 Å². The average molecular weight is 364 g/mol. The zero-order chi connectivity index (χ0) is 18.9. The van der Waals surface area contributed by atoms with Crippen LogP contribution in [0.25, 0.3) is 0 Å². The quantitative estimate of drug-likeness (QED) is 0.838. The van der Waals surface area contributed by atoms with Crippen molar-refractivity contribution in [3.05, 3.63) is 59.4 Å². The van der Waals surface area contributed by atoms with E-state index in [0.29, 0.717) is 18.9 Å². The summed E-state index contributed by atoms with van der Waals surface area (Å²) in [5.74, 6) is -5.35. The Morgan fingerprint density at radius 2 is 1.77 bits per heavy atom. The molecule has 1 aliphatic heterocycles. The molecule has 138 valence electrons. The Labute approximate surface area is 149 Å². The molecular weight excluding hydrogens is 345 g/mol. The summed E-state index contributed by atoms with van der Waals surface area (Å²) < 4.78 is 45.5. The predicted molar refractivity (Wildman–Crippen MR) is 93.0 cm³/mol. The highest BCUT2D eigenvalue weighted by atomic mass is 19.2. The molecular formula is C19H19F3N2O2. The van der Waals surface area contributed by atoms with Gasteiger partial charge in [0, 0.05) is 17.9 Å². The van der Waals surface area contributed by atoms with Gasteiger partial charge in [-0.05, 0) is 50.2 Å². The molecule has 3 rings (SSSR count). The molecule has 0 radical (unpaired) electrons. The van der Waals surface area contributed by atoms with Crippen molar-refractivity contribution in [2.75, 3.05) is 30.0 Å². The molecule has 1 heterocycles. The zero-order valence-corrected chi connectivity index (χ0v) is 14.5. The Kier molecular flexibility index (Phi) is 4.91. The van der Waals surface area contributed by atoms with Gasteiger partial charge in [0.25, 0.3) is 5.91 Å². The molecule has 0 saturated carbocycles. The number of nitrogens with one attached hydrogen (secondary N) is 1. The normalized spacial score (nSPS) is 16.4. The molecule has 1 saturated heterocycles. The number of nitrogens with zero attached hydrogens (tertiary/aromatic N) is 1. The molecule has 1 amide bonds. The molecule has 0 unspecified atom stereocenters. The lowest BCUT2D eigenvalue weighted by atomic mass is 10.0. The van der Waals surface area contributed by atoms with Gasteiger partial charge in [0.2, 0.25) is 0 Å². The Bertz CT molecular complexity index is 822. The second-order valence-electron chi connectivity index (χ2n) is 6.74. The first-order chi connectivity index (χ1) is 12.3. The summed E-state index contributed by atoms with van der Waals surface area (Å²) in [5, 5.41) is 2.49. The van der Waals surface area contributed by atoms with Gasteiger partial charge in [0.15, 0.2) is 17.5 Å². The van der Waals surface area contributed by atoms with Crippen LogP contribution in [0.1, 0.15) is 24.2 Å².